The lowest BCUT2D eigenvalue weighted by Crippen LogP contribution is -2.27. The fraction of sp³-hybridized carbons (Fsp3) is 0.294. The molecule has 3 N–H and O–H groups in total. The van der Waals surface area contributed by atoms with Crippen LogP contribution in [0.5, 0.6) is 0 Å². The number of rotatable bonds is 5. The van der Waals surface area contributed by atoms with Gasteiger partial charge < -0.3 is 10.8 Å². The van der Waals surface area contributed by atoms with E-state index in [2.05, 4.69) is 15.9 Å². The van der Waals surface area contributed by atoms with E-state index in [4.69, 9.17) is 17.3 Å². The van der Waals surface area contributed by atoms with E-state index in [0.29, 0.717) is 5.02 Å². The molecule has 0 aliphatic heterocycles. The molecule has 3 atom stereocenters. The van der Waals surface area contributed by atoms with Gasteiger partial charge in [0.2, 0.25) is 0 Å². The van der Waals surface area contributed by atoms with E-state index < -0.39 is 20.5 Å². The van der Waals surface area contributed by atoms with Crippen molar-refractivity contribution in [3.8, 4) is 0 Å². The number of aliphatic hydroxyl groups is 1. The number of halogens is 2. The minimum absolute atomic E-state index is 0.0989. The Labute approximate surface area is 154 Å². The van der Waals surface area contributed by atoms with Gasteiger partial charge in [0.25, 0.3) is 0 Å². The summed E-state index contributed by atoms with van der Waals surface area (Å²) in [6, 6.07) is 13.5. The first-order chi connectivity index (χ1) is 11.4. The minimum Gasteiger partial charge on any atom is -0.396 e. The summed E-state index contributed by atoms with van der Waals surface area (Å²) in [6.07, 6.45) is 0. The fourth-order valence-electron chi connectivity index (χ4n) is 3.39. The molecule has 0 aromatic heterocycles. The molecule has 1 aliphatic rings. The summed E-state index contributed by atoms with van der Waals surface area (Å²) >= 11 is 9.22. The summed E-state index contributed by atoms with van der Waals surface area (Å²) in [5.41, 5.74) is 5.88. The molecule has 0 saturated heterocycles. The SMILES string of the molecule is NCC1(CO)C(c2ccc(Br)cc2)C1S(=O)(=O)c1ccc(Cl)cc1. The van der Waals surface area contributed by atoms with Crippen LogP contribution in [0.3, 0.4) is 0 Å². The van der Waals surface area contributed by atoms with Gasteiger partial charge in [-0.15, -0.1) is 0 Å². The van der Waals surface area contributed by atoms with Crippen LogP contribution in [-0.4, -0.2) is 31.9 Å². The normalized spacial score (nSPS) is 26.3. The molecule has 1 saturated carbocycles. The molecule has 3 unspecified atom stereocenters. The van der Waals surface area contributed by atoms with Crippen molar-refractivity contribution in [1.82, 2.24) is 0 Å². The second kappa shape index (κ2) is 6.42. The van der Waals surface area contributed by atoms with Crippen LogP contribution in [0.2, 0.25) is 5.02 Å². The van der Waals surface area contributed by atoms with Crippen molar-refractivity contribution in [2.45, 2.75) is 16.1 Å². The van der Waals surface area contributed by atoms with E-state index in [1.54, 1.807) is 12.1 Å². The maximum atomic E-state index is 13.1. The Bertz CT molecular complexity index is 833. The number of hydrogen-bond acceptors (Lipinski definition) is 4. The van der Waals surface area contributed by atoms with E-state index >= 15 is 0 Å². The van der Waals surface area contributed by atoms with Gasteiger partial charge in [0.1, 0.15) is 0 Å². The highest BCUT2D eigenvalue weighted by atomic mass is 79.9. The first-order valence-corrected chi connectivity index (χ1v) is 10.1. The summed E-state index contributed by atoms with van der Waals surface area (Å²) < 4.78 is 27.1. The van der Waals surface area contributed by atoms with Crippen molar-refractivity contribution in [3.05, 3.63) is 63.6 Å². The molecular formula is C17H17BrClNO3S. The van der Waals surface area contributed by atoms with Crippen LogP contribution in [0.15, 0.2) is 57.9 Å². The number of sulfone groups is 1. The van der Waals surface area contributed by atoms with Crippen molar-refractivity contribution in [3.63, 3.8) is 0 Å². The van der Waals surface area contributed by atoms with Crippen LogP contribution in [0.25, 0.3) is 0 Å². The van der Waals surface area contributed by atoms with E-state index in [1.165, 1.54) is 12.1 Å². The molecule has 4 nitrogen and oxygen atoms in total. The van der Waals surface area contributed by atoms with Crippen LogP contribution in [0.1, 0.15) is 11.5 Å². The molecule has 0 bridgehead atoms. The topological polar surface area (TPSA) is 80.4 Å². The Hall–Kier alpha value is -0.920. The monoisotopic (exact) mass is 429 g/mol. The number of aliphatic hydroxyl groups excluding tert-OH is 1. The zero-order valence-corrected chi connectivity index (χ0v) is 15.9. The Morgan fingerprint density at radius 2 is 1.71 bits per heavy atom. The average molecular weight is 431 g/mol. The second-order valence-corrected chi connectivity index (χ2v) is 9.47. The summed E-state index contributed by atoms with van der Waals surface area (Å²) in [5, 5.41) is 9.62. The van der Waals surface area contributed by atoms with Crippen LogP contribution >= 0.6 is 27.5 Å². The molecule has 7 heteroatoms. The summed E-state index contributed by atoms with van der Waals surface area (Å²) in [7, 11) is -3.63. The second-order valence-electron chi connectivity index (χ2n) is 6.04. The zero-order valence-electron chi connectivity index (χ0n) is 12.7. The van der Waals surface area contributed by atoms with Crippen molar-refractivity contribution in [2.24, 2.45) is 11.1 Å². The van der Waals surface area contributed by atoms with Crippen LogP contribution in [0.4, 0.5) is 0 Å². The Kier molecular flexibility index (Phi) is 4.79. The smallest absolute Gasteiger partial charge is 0.182 e. The minimum atomic E-state index is -3.63. The third-order valence-electron chi connectivity index (χ3n) is 4.76. The van der Waals surface area contributed by atoms with Crippen molar-refractivity contribution >= 4 is 37.4 Å². The summed E-state index contributed by atoms with van der Waals surface area (Å²) in [6.45, 7) is -0.177. The first-order valence-electron chi connectivity index (χ1n) is 7.42. The molecule has 0 spiro atoms. The lowest BCUT2D eigenvalue weighted by atomic mass is 10.0. The molecule has 128 valence electrons. The van der Waals surface area contributed by atoms with Crippen LogP contribution in [0, 0.1) is 5.41 Å². The predicted octanol–water partition coefficient (Wildman–Crippen LogP) is 2.98. The molecule has 3 rings (SSSR count). The Balaban J connectivity index is 2.04. The maximum absolute atomic E-state index is 13.1. The Morgan fingerprint density at radius 3 is 2.21 bits per heavy atom. The summed E-state index contributed by atoms with van der Waals surface area (Å²) in [5.74, 6) is -0.332. The summed E-state index contributed by atoms with van der Waals surface area (Å²) in [4.78, 5) is 0.197. The van der Waals surface area contributed by atoms with Gasteiger partial charge in [-0.25, -0.2) is 8.42 Å². The highest BCUT2D eigenvalue weighted by Crippen LogP contribution is 2.63. The molecule has 1 aliphatic carbocycles. The molecular weight excluding hydrogens is 414 g/mol. The standard InChI is InChI=1S/C17H17BrClNO3S/c18-12-3-1-11(2-4-12)15-16(17(15,9-20)10-21)24(22,23)14-7-5-13(19)6-8-14/h1-8,15-16,21H,9-10,20H2. The molecule has 0 heterocycles. The van der Waals surface area contributed by atoms with Gasteiger partial charge in [-0.3, -0.25) is 0 Å². The van der Waals surface area contributed by atoms with Crippen LogP contribution in [-0.2, 0) is 9.84 Å². The van der Waals surface area contributed by atoms with E-state index in [0.717, 1.165) is 10.0 Å². The fourth-order valence-corrected chi connectivity index (χ4v) is 6.23. The van der Waals surface area contributed by atoms with E-state index in [-0.39, 0.29) is 24.0 Å². The van der Waals surface area contributed by atoms with Crippen molar-refractivity contribution in [2.75, 3.05) is 13.2 Å². The molecule has 0 amide bonds. The van der Waals surface area contributed by atoms with Crippen molar-refractivity contribution in [1.29, 1.82) is 0 Å². The lowest BCUT2D eigenvalue weighted by Gasteiger charge is -2.12. The van der Waals surface area contributed by atoms with Gasteiger partial charge in [0.15, 0.2) is 9.84 Å². The van der Waals surface area contributed by atoms with Gasteiger partial charge in [0.05, 0.1) is 16.8 Å². The zero-order chi connectivity index (χ0) is 17.5. The highest BCUT2D eigenvalue weighted by Gasteiger charge is 2.70. The predicted molar refractivity (Wildman–Crippen MR) is 97.9 cm³/mol. The van der Waals surface area contributed by atoms with Gasteiger partial charge in [-0.05, 0) is 42.0 Å². The van der Waals surface area contributed by atoms with Gasteiger partial charge in [-0.2, -0.15) is 0 Å². The van der Waals surface area contributed by atoms with Gasteiger partial charge >= 0.3 is 0 Å². The molecule has 2 aromatic rings. The average Bonchev–Trinajstić information content (AvgIpc) is 3.26. The molecule has 2 aromatic carbocycles. The van der Waals surface area contributed by atoms with E-state index in [9.17, 15) is 13.5 Å². The molecule has 0 radical (unpaired) electrons. The van der Waals surface area contributed by atoms with E-state index in [1.807, 2.05) is 24.3 Å². The van der Waals surface area contributed by atoms with Crippen LogP contribution < -0.4 is 5.73 Å². The maximum Gasteiger partial charge on any atom is 0.182 e. The quantitative estimate of drug-likeness (QED) is 0.764. The number of nitrogens with two attached hydrogens (primary N) is 1. The molecule has 24 heavy (non-hydrogen) atoms. The number of hydrogen-bond donors (Lipinski definition) is 2. The molecule has 1 fully saturated rings. The van der Waals surface area contributed by atoms with Crippen molar-refractivity contribution < 1.29 is 13.5 Å². The van der Waals surface area contributed by atoms with Gasteiger partial charge in [-0.1, -0.05) is 39.7 Å². The lowest BCUT2D eigenvalue weighted by molar-refractivity contribution is 0.212. The largest absolute Gasteiger partial charge is 0.396 e. The number of benzene rings is 2. The first kappa shape index (κ1) is 17.9. The third kappa shape index (κ3) is 2.80. The van der Waals surface area contributed by atoms with Gasteiger partial charge in [0, 0.05) is 27.4 Å². The Morgan fingerprint density at radius 1 is 1.12 bits per heavy atom. The highest BCUT2D eigenvalue weighted by molar-refractivity contribution is 9.10. The third-order valence-corrected chi connectivity index (χ3v) is 7.88.